The molecule has 3 amide bonds. The number of aromatic nitrogens is 1. The highest BCUT2D eigenvalue weighted by Crippen LogP contribution is 2.25. The Morgan fingerprint density at radius 1 is 1.29 bits per heavy atom. The molecule has 0 saturated heterocycles. The molecule has 2 aromatic rings. The molecule has 0 aliphatic carbocycles. The zero-order valence-corrected chi connectivity index (χ0v) is 14.8. The van der Waals surface area contributed by atoms with Crippen LogP contribution < -0.4 is 16.4 Å². The van der Waals surface area contributed by atoms with E-state index in [1.165, 1.54) is 11.3 Å². The maximum absolute atomic E-state index is 12.0. The summed E-state index contributed by atoms with van der Waals surface area (Å²) >= 11 is 1.50. The molecule has 1 aromatic carbocycles. The average Bonchev–Trinajstić information content (AvgIpc) is 3.04. The van der Waals surface area contributed by atoms with E-state index in [4.69, 9.17) is 5.73 Å². The first-order valence-electron chi connectivity index (χ1n) is 7.65. The van der Waals surface area contributed by atoms with Gasteiger partial charge in [-0.25, -0.2) is 9.78 Å². The molecule has 1 aromatic heterocycles. The van der Waals surface area contributed by atoms with Crippen LogP contribution in [0.2, 0.25) is 0 Å². The van der Waals surface area contributed by atoms with Gasteiger partial charge in [0.15, 0.2) is 0 Å². The monoisotopic (exact) mass is 346 g/mol. The van der Waals surface area contributed by atoms with Crippen molar-refractivity contribution in [2.45, 2.75) is 26.8 Å². The first kappa shape index (κ1) is 17.9. The largest absolute Gasteiger partial charge is 0.369 e. The highest BCUT2D eigenvalue weighted by molar-refractivity contribution is 7.10. The summed E-state index contributed by atoms with van der Waals surface area (Å²) in [6.07, 6.45) is 0. The fourth-order valence-electron chi connectivity index (χ4n) is 1.93. The molecular weight excluding hydrogens is 324 g/mol. The fraction of sp³-hybridized carbons (Fsp3) is 0.353. The lowest BCUT2D eigenvalue weighted by Crippen LogP contribution is -2.46. The number of amides is 3. The molecule has 6 nitrogen and oxygen atoms in total. The van der Waals surface area contributed by atoms with Crippen LogP contribution in [0.5, 0.6) is 0 Å². The summed E-state index contributed by atoms with van der Waals surface area (Å²) in [6.45, 7) is 5.42. The van der Waals surface area contributed by atoms with Crippen molar-refractivity contribution in [2.75, 3.05) is 6.54 Å². The van der Waals surface area contributed by atoms with Crippen LogP contribution in [0.1, 0.15) is 31.8 Å². The number of nitrogens with two attached hydrogens (primary N) is 1. The third-order valence-electron chi connectivity index (χ3n) is 3.67. The Bertz CT molecular complexity index is 712. The number of urea groups is 1. The number of hydrogen-bond acceptors (Lipinski definition) is 4. The van der Waals surface area contributed by atoms with E-state index < -0.39 is 11.3 Å². The summed E-state index contributed by atoms with van der Waals surface area (Å²) in [5.74, 6) is -0.455. The predicted molar refractivity (Wildman–Crippen MR) is 95.5 cm³/mol. The van der Waals surface area contributed by atoms with Crippen LogP contribution in [-0.4, -0.2) is 23.5 Å². The Kier molecular flexibility index (Phi) is 5.56. The van der Waals surface area contributed by atoms with Crippen molar-refractivity contribution in [3.8, 4) is 11.3 Å². The molecule has 128 valence electrons. The van der Waals surface area contributed by atoms with Gasteiger partial charge in [0.05, 0.1) is 17.2 Å². The Morgan fingerprint density at radius 3 is 2.58 bits per heavy atom. The van der Waals surface area contributed by atoms with E-state index in [1.807, 2.05) is 42.6 Å². The van der Waals surface area contributed by atoms with Crippen molar-refractivity contribution in [3.63, 3.8) is 0 Å². The molecule has 24 heavy (non-hydrogen) atoms. The second-order valence-electron chi connectivity index (χ2n) is 6.23. The lowest BCUT2D eigenvalue weighted by molar-refractivity contribution is -0.125. The molecule has 0 aliphatic rings. The molecule has 7 heteroatoms. The summed E-state index contributed by atoms with van der Waals surface area (Å²) in [7, 11) is 0. The van der Waals surface area contributed by atoms with E-state index >= 15 is 0 Å². The van der Waals surface area contributed by atoms with E-state index in [2.05, 4.69) is 15.6 Å². The van der Waals surface area contributed by atoms with E-state index in [-0.39, 0.29) is 18.6 Å². The van der Waals surface area contributed by atoms with Crippen LogP contribution in [0, 0.1) is 5.41 Å². The minimum atomic E-state index is -0.789. The Balaban J connectivity index is 1.93. The van der Waals surface area contributed by atoms with Gasteiger partial charge < -0.3 is 16.4 Å². The first-order valence-corrected chi connectivity index (χ1v) is 8.52. The van der Waals surface area contributed by atoms with Crippen LogP contribution in [0.25, 0.3) is 11.3 Å². The number of nitrogens with one attached hydrogen (secondary N) is 2. The van der Waals surface area contributed by atoms with Gasteiger partial charge in [0.25, 0.3) is 0 Å². The SMILES string of the molecule is C[C@@H](NC(=O)NCC(C)(C)C(N)=O)c1nc(-c2ccccc2)cs1. The van der Waals surface area contributed by atoms with Crippen molar-refractivity contribution in [3.05, 3.63) is 40.7 Å². The number of benzene rings is 1. The zero-order valence-electron chi connectivity index (χ0n) is 14.0. The molecular formula is C17H22N4O2S. The average molecular weight is 346 g/mol. The quantitative estimate of drug-likeness (QED) is 0.750. The molecule has 0 bridgehead atoms. The lowest BCUT2D eigenvalue weighted by Gasteiger charge is -2.21. The maximum atomic E-state index is 12.0. The number of carbonyl (C=O) groups is 2. The highest BCUT2D eigenvalue weighted by Gasteiger charge is 2.25. The topological polar surface area (TPSA) is 97.1 Å². The summed E-state index contributed by atoms with van der Waals surface area (Å²) in [5.41, 5.74) is 6.43. The molecule has 2 rings (SSSR count). The normalized spacial score (nSPS) is 12.5. The Labute approximate surface area is 145 Å². The molecule has 1 atom stereocenters. The third-order valence-corrected chi connectivity index (χ3v) is 4.69. The zero-order chi connectivity index (χ0) is 17.7. The van der Waals surface area contributed by atoms with Crippen molar-refractivity contribution in [2.24, 2.45) is 11.1 Å². The van der Waals surface area contributed by atoms with Gasteiger partial charge >= 0.3 is 6.03 Å². The summed E-state index contributed by atoms with van der Waals surface area (Å²) in [5, 5.41) is 8.27. The van der Waals surface area contributed by atoms with Crippen molar-refractivity contribution >= 4 is 23.3 Å². The molecule has 0 spiro atoms. The molecule has 0 fully saturated rings. The summed E-state index contributed by atoms with van der Waals surface area (Å²) < 4.78 is 0. The standard InChI is InChI=1S/C17H22N4O2S/c1-11(20-16(23)19-10-17(2,3)15(18)22)14-21-13(9-24-14)12-7-5-4-6-8-12/h4-9,11H,10H2,1-3H3,(H2,18,22)(H2,19,20,23)/t11-/m1/s1. The molecule has 0 unspecified atom stereocenters. The first-order chi connectivity index (χ1) is 11.3. The second kappa shape index (κ2) is 7.44. The van der Waals surface area contributed by atoms with Gasteiger partial charge in [-0.1, -0.05) is 30.3 Å². The minimum absolute atomic E-state index is 0.175. The minimum Gasteiger partial charge on any atom is -0.369 e. The van der Waals surface area contributed by atoms with E-state index in [0.29, 0.717) is 0 Å². The smallest absolute Gasteiger partial charge is 0.315 e. The van der Waals surface area contributed by atoms with E-state index in [0.717, 1.165) is 16.3 Å². The van der Waals surface area contributed by atoms with Gasteiger partial charge in [0.1, 0.15) is 5.01 Å². The van der Waals surface area contributed by atoms with Gasteiger partial charge in [-0.15, -0.1) is 11.3 Å². The van der Waals surface area contributed by atoms with Gasteiger partial charge in [0.2, 0.25) is 5.91 Å². The van der Waals surface area contributed by atoms with Crippen molar-refractivity contribution < 1.29 is 9.59 Å². The summed E-state index contributed by atoms with van der Waals surface area (Å²) in [6, 6.07) is 9.29. The molecule has 0 saturated carbocycles. The molecule has 4 N–H and O–H groups in total. The van der Waals surface area contributed by atoms with E-state index in [1.54, 1.807) is 13.8 Å². The fourth-order valence-corrected chi connectivity index (χ4v) is 2.76. The van der Waals surface area contributed by atoms with Crippen LogP contribution in [0.3, 0.4) is 0 Å². The Hall–Kier alpha value is -2.41. The molecule has 0 aliphatic heterocycles. The third kappa shape index (κ3) is 4.55. The maximum Gasteiger partial charge on any atom is 0.315 e. The highest BCUT2D eigenvalue weighted by atomic mass is 32.1. The number of carbonyl (C=O) groups excluding carboxylic acids is 2. The number of primary amides is 1. The van der Waals surface area contributed by atoms with Crippen LogP contribution >= 0.6 is 11.3 Å². The summed E-state index contributed by atoms with van der Waals surface area (Å²) in [4.78, 5) is 27.8. The molecule has 0 radical (unpaired) electrons. The van der Waals surface area contributed by atoms with Crippen LogP contribution in [0.15, 0.2) is 35.7 Å². The van der Waals surface area contributed by atoms with Crippen LogP contribution in [0.4, 0.5) is 4.79 Å². The molecule has 1 heterocycles. The van der Waals surface area contributed by atoms with E-state index in [9.17, 15) is 9.59 Å². The number of hydrogen-bond donors (Lipinski definition) is 3. The second-order valence-corrected chi connectivity index (χ2v) is 7.12. The van der Waals surface area contributed by atoms with Gasteiger partial charge in [0, 0.05) is 17.5 Å². The predicted octanol–water partition coefficient (Wildman–Crippen LogP) is 2.68. The number of rotatable bonds is 6. The number of nitrogens with zero attached hydrogens (tertiary/aromatic N) is 1. The lowest BCUT2D eigenvalue weighted by atomic mass is 9.93. The Morgan fingerprint density at radius 2 is 1.96 bits per heavy atom. The van der Waals surface area contributed by atoms with Gasteiger partial charge in [-0.3, -0.25) is 4.79 Å². The van der Waals surface area contributed by atoms with Crippen LogP contribution in [-0.2, 0) is 4.79 Å². The van der Waals surface area contributed by atoms with Crippen molar-refractivity contribution in [1.82, 2.24) is 15.6 Å². The van der Waals surface area contributed by atoms with Gasteiger partial charge in [-0.2, -0.15) is 0 Å². The van der Waals surface area contributed by atoms with Crippen molar-refractivity contribution in [1.29, 1.82) is 0 Å². The number of thiazole rings is 1. The van der Waals surface area contributed by atoms with Gasteiger partial charge in [-0.05, 0) is 20.8 Å².